The summed E-state index contributed by atoms with van der Waals surface area (Å²) in [6, 6.07) is 11.6. The zero-order valence-electron chi connectivity index (χ0n) is 16.0. The molecule has 1 amide bonds. The standard InChI is InChI=1S/C20H25N3O3S2/c1-16(20(24)22-9-8-17-5-2-3-6-18(17)15-22)21-10-12-23(13-11-21)28(25,26)19-7-4-14-27-19/h2-7,14,16H,8-13,15H2,1H3/p+1/t16-/m0/s1. The number of amides is 1. The Balaban J connectivity index is 1.36. The lowest BCUT2D eigenvalue weighted by atomic mass is 9.99. The third-order valence-electron chi connectivity index (χ3n) is 5.88. The summed E-state index contributed by atoms with van der Waals surface area (Å²) in [7, 11) is -3.40. The van der Waals surface area contributed by atoms with E-state index in [0.29, 0.717) is 36.9 Å². The number of nitrogens with zero attached hydrogens (tertiary/aromatic N) is 2. The van der Waals surface area contributed by atoms with Gasteiger partial charge in [-0.1, -0.05) is 30.3 Å². The molecule has 2 aliphatic heterocycles. The van der Waals surface area contributed by atoms with Crippen molar-refractivity contribution in [2.45, 2.75) is 30.1 Å². The van der Waals surface area contributed by atoms with Gasteiger partial charge in [-0.15, -0.1) is 11.3 Å². The minimum absolute atomic E-state index is 0.156. The normalized spacial score (nSPS) is 20.0. The number of carbonyl (C=O) groups excluding carboxylic acids is 1. The maximum absolute atomic E-state index is 13.0. The fourth-order valence-corrected chi connectivity index (χ4v) is 6.70. The molecule has 150 valence electrons. The molecule has 0 unspecified atom stereocenters. The van der Waals surface area contributed by atoms with Crippen molar-refractivity contribution >= 4 is 27.3 Å². The van der Waals surface area contributed by atoms with Crippen molar-refractivity contribution in [2.24, 2.45) is 0 Å². The molecule has 8 heteroatoms. The van der Waals surface area contributed by atoms with Crippen LogP contribution >= 0.6 is 11.3 Å². The van der Waals surface area contributed by atoms with Gasteiger partial charge in [0, 0.05) is 13.1 Å². The zero-order chi connectivity index (χ0) is 19.7. The van der Waals surface area contributed by atoms with Gasteiger partial charge in [-0.05, 0) is 35.9 Å². The first kappa shape index (κ1) is 19.6. The highest BCUT2D eigenvalue weighted by Gasteiger charge is 2.36. The van der Waals surface area contributed by atoms with Gasteiger partial charge < -0.3 is 9.80 Å². The maximum atomic E-state index is 13.0. The predicted octanol–water partition coefficient (Wildman–Crippen LogP) is 0.611. The van der Waals surface area contributed by atoms with E-state index in [1.54, 1.807) is 21.8 Å². The van der Waals surface area contributed by atoms with E-state index in [9.17, 15) is 13.2 Å². The van der Waals surface area contributed by atoms with Crippen LogP contribution in [-0.4, -0.2) is 62.3 Å². The Kier molecular flexibility index (Phi) is 5.55. The molecular weight excluding hydrogens is 394 g/mol. The van der Waals surface area contributed by atoms with Gasteiger partial charge in [0.1, 0.15) is 4.21 Å². The number of hydrogen-bond donors (Lipinski definition) is 1. The van der Waals surface area contributed by atoms with Gasteiger partial charge in [-0.25, -0.2) is 8.42 Å². The molecule has 1 saturated heterocycles. The molecule has 6 nitrogen and oxygen atoms in total. The van der Waals surface area contributed by atoms with E-state index in [4.69, 9.17) is 0 Å². The molecule has 0 radical (unpaired) electrons. The lowest BCUT2D eigenvalue weighted by Gasteiger charge is -2.37. The van der Waals surface area contributed by atoms with Crippen molar-refractivity contribution in [2.75, 3.05) is 32.7 Å². The summed E-state index contributed by atoms with van der Waals surface area (Å²) in [5.74, 6) is 0.166. The molecule has 0 saturated carbocycles. The smallest absolute Gasteiger partial charge is 0.280 e. The van der Waals surface area contributed by atoms with Crippen LogP contribution in [-0.2, 0) is 27.8 Å². The Labute approximate surface area is 170 Å². The molecule has 1 aromatic carbocycles. The lowest BCUT2D eigenvalue weighted by Crippen LogP contribution is -3.19. The van der Waals surface area contributed by atoms with Crippen LogP contribution in [0.25, 0.3) is 0 Å². The van der Waals surface area contributed by atoms with Crippen molar-refractivity contribution in [1.29, 1.82) is 0 Å². The Morgan fingerprint density at radius 2 is 1.79 bits per heavy atom. The highest BCUT2D eigenvalue weighted by atomic mass is 32.2. The lowest BCUT2D eigenvalue weighted by molar-refractivity contribution is -0.918. The van der Waals surface area contributed by atoms with Gasteiger partial charge in [-0.3, -0.25) is 4.79 Å². The first-order valence-electron chi connectivity index (χ1n) is 9.70. The Bertz CT molecular complexity index is 935. The van der Waals surface area contributed by atoms with Crippen LogP contribution in [0.4, 0.5) is 0 Å². The molecular formula is C20H26N3O3S2+. The summed E-state index contributed by atoms with van der Waals surface area (Å²) in [5.41, 5.74) is 2.56. The second-order valence-electron chi connectivity index (χ2n) is 7.49. The third-order valence-corrected chi connectivity index (χ3v) is 9.15. The minimum atomic E-state index is -3.40. The van der Waals surface area contributed by atoms with E-state index >= 15 is 0 Å². The van der Waals surface area contributed by atoms with Gasteiger partial charge in [-0.2, -0.15) is 4.31 Å². The summed E-state index contributed by atoms with van der Waals surface area (Å²) in [6.45, 7) is 5.62. The largest absolute Gasteiger partial charge is 0.333 e. The molecule has 1 fully saturated rings. The van der Waals surface area contributed by atoms with Gasteiger partial charge in [0.2, 0.25) is 0 Å². The quantitative estimate of drug-likeness (QED) is 0.789. The summed E-state index contributed by atoms with van der Waals surface area (Å²) in [5, 5.41) is 1.78. The average Bonchev–Trinajstić information content (AvgIpc) is 3.28. The van der Waals surface area contributed by atoms with Crippen molar-refractivity contribution in [3.05, 3.63) is 52.9 Å². The Morgan fingerprint density at radius 1 is 1.07 bits per heavy atom. The summed E-state index contributed by atoms with van der Waals surface area (Å²) in [6.07, 6.45) is 0.900. The molecule has 1 N–H and O–H groups in total. The number of hydrogen-bond acceptors (Lipinski definition) is 4. The van der Waals surface area contributed by atoms with E-state index in [0.717, 1.165) is 13.0 Å². The first-order chi connectivity index (χ1) is 13.5. The van der Waals surface area contributed by atoms with Crippen LogP contribution in [0.5, 0.6) is 0 Å². The third kappa shape index (κ3) is 3.74. The van der Waals surface area contributed by atoms with Crippen molar-refractivity contribution in [3.8, 4) is 0 Å². The number of sulfonamides is 1. The monoisotopic (exact) mass is 420 g/mol. The van der Waals surface area contributed by atoms with Gasteiger partial charge in [0.05, 0.1) is 26.2 Å². The molecule has 2 aromatic rings. The molecule has 2 aliphatic rings. The number of piperazine rings is 1. The van der Waals surface area contributed by atoms with Gasteiger partial charge in [0.15, 0.2) is 6.04 Å². The van der Waals surface area contributed by atoms with Crippen molar-refractivity contribution in [1.82, 2.24) is 9.21 Å². The fourth-order valence-electron chi connectivity index (χ4n) is 4.12. The van der Waals surface area contributed by atoms with Crippen LogP contribution in [0.15, 0.2) is 46.0 Å². The van der Waals surface area contributed by atoms with Crippen LogP contribution in [0.2, 0.25) is 0 Å². The number of nitrogens with one attached hydrogen (secondary N) is 1. The second-order valence-corrected chi connectivity index (χ2v) is 10.6. The van der Waals surface area contributed by atoms with E-state index in [-0.39, 0.29) is 11.9 Å². The number of quaternary nitrogens is 1. The maximum Gasteiger partial charge on any atom is 0.280 e. The second kappa shape index (κ2) is 7.94. The molecule has 3 heterocycles. The number of rotatable bonds is 4. The van der Waals surface area contributed by atoms with Crippen LogP contribution < -0.4 is 4.90 Å². The van der Waals surface area contributed by atoms with Gasteiger partial charge >= 0.3 is 0 Å². The zero-order valence-corrected chi connectivity index (χ0v) is 17.6. The van der Waals surface area contributed by atoms with E-state index in [2.05, 4.69) is 12.1 Å². The van der Waals surface area contributed by atoms with E-state index in [1.807, 2.05) is 24.0 Å². The number of thiophene rings is 1. The van der Waals surface area contributed by atoms with Crippen LogP contribution in [0.1, 0.15) is 18.1 Å². The molecule has 0 bridgehead atoms. The number of fused-ring (bicyclic) bond motifs is 1. The minimum Gasteiger partial charge on any atom is -0.333 e. The fraction of sp³-hybridized carbons (Fsp3) is 0.450. The summed E-state index contributed by atoms with van der Waals surface area (Å²) < 4.78 is 27.3. The topological polar surface area (TPSA) is 62.1 Å². The highest BCUT2D eigenvalue weighted by molar-refractivity contribution is 7.91. The predicted molar refractivity (Wildman–Crippen MR) is 109 cm³/mol. The van der Waals surface area contributed by atoms with Crippen molar-refractivity contribution < 1.29 is 18.1 Å². The number of benzene rings is 1. The molecule has 0 aliphatic carbocycles. The molecule has 4 rings (SSSR count). The Hall–Kier alpha value is -1.74. The molecule has 28 heavy (non-hydrogen) atoms. The highest BCUT2D eigenvalue weighted by Crippen LogP contribution is 2.21. The number of carbonyl (C=O) groups is 1. The SMILES string of the molecule is C[C@@H](C(=O)N1CCc2ccccc2C1)[NH+]1CCN(S(=O)(=O)c2cccs2)CC1. The van der Waals surface area contributed by atoms with Crippen LogP contribution in [0.3, 0.4) is 0 Å². The molecule has 0 spiro atoms. The van der Waals surface area contributed by atoms with Crippen LogP contribution in [0, 0.1) is 0 Å². The van der Waals surface area contributed by atoms with Gasteiger partial charge in [0.25, 0.3) is 15.9 Å². The molecule has 1 aromatic heterocycles. The van der Waals surface area contributed by atoms with E-state index < -0.39 is 10.0 Å². The Morgan fingerprint density at radius 3 is 2.46 bits per heavy atom. The molecule has 1 atom stereocenters. The van der Waals surface area contributed by atoms with Crippen molar-refractivity contribution in [3.63, 3.8) is 0 Å². The first-order valence-corrected chi connectivity index (χ1v) is 12.0. The summed E-state index contributed by atoms with van der Waals surface area (Å²) >= 11 is 1.25. The average molecular weight is 421 g/mol. The van der Waals surface area contributed by atoms with E-state index in [1.165, 1.54) is 27.4 Å². The summed E-state index contributed by atoms with van der Waals surface area (Å²) in [4.78, 5) is 16.2.